The lowest BCUT2D eigenvalue weighted by molar-refractivity contribution is -0.119. The molecule has 3 nitrogen and oxygen atoms in total. The molecule has 2 fully saturated rings. The zero-order chi connectivity index (χ0) is 6.97. The van der Waals surface area contributed by atoms with Crippen molar-refractivity contribution in [2.24, 2.45) is 5.92 Å². The van der Waals surface area contributed by atoms with Gasteiger partial charge in [-0.1, -0.05) is 0 Å². The van der Waals surface area contributed by atoms with Crippen molar-refractivity contribution in [2.75, 3.05) is 13.1 Å². The van der Waals surface area contributed by atoms with Crippen molar-refractivity contribution in [3.63, 3.8) is 0 Å². The van der Waals surface area contributed by atoms with Crippen molar-refractivity contribution in [1.29, 1.82) is 0 Å². The van der Waals surface area contributed by atoms with Gasteiger partial charge >= 0.3 is 0 Å². The standard InChI is InChI=1S/C7H12N2O.ClH/c10-7-3-5-1-2-8-4-6(5)9-7;/h5-6,8H,1-4H2,(H,9,10);1H/t5-,6+;/m0./s1. The molecule has 0 aromatic carbocycles. The van der Waals surface area contributed by atoms with Gasteiger partial charge in [-0.15, -0.1) is 12.4 Å². The molecule has 64 valence electrons. The SMILES string of the molecule is Cl.O=C1C[C@@H]2CCNC[C@H]2N1. The lowest BCUT2D eigenvalue weighted by Gasteiger charge is -2.24. The van der Waals surface area contributed by atoms with Crippen LogP contribution >= 0.6 is 12.4 Å². The van der Waals surface area contributed by atoms with Gasteiger partial charge in [0.2, 0.25) is 5.91 Å². The molecule has 2 heterocycles. The maximum atomic E-state index is 10.9. The van der Waals surface area contributed by atoms with Gasteiger partial charge in [-0.2, -0.15) is 0 Å². The molecule has 2 saturated heterocycles. The van der Waals surface area contributed by atoms with E-state index in [1.165, 1.54) is 0 Å². The van der Waals surface area contributed by atoms with E-state index >= 15 is 0 Å². The van der Waals surface area contributed by atoms with Crippen LogP contribution in [0.4, 0.5) is 0 Å². The number of nitrogens with one attached hydrogen (secondary N) is 2. The summed E-state index contributed by atoms with van der Waals surface area (Å²) in [5.74, 6) is 0.854. The van der Waals surface area contributed by atoms with Gasteiger partial charge in [0.05, 0.1) is 0 Å². The minimum absolute atomic E-state index is 0. The van der Waals surface area contributed by atoms with E-state index in [4.69, 9.17) is 0 Å². The first kappa shape index (κ1) is 8.81. The van der Waals surface area contributed by atoms with Gasteiger partial charge in [0.25, 0.3) is 0 Å². The van der Waals surface area contributed by atoms with E-state index in [2.05, 4.69) is 10.6 Å². The third-order valence-corrected chi connectivity index (χ3v) is 2.42. The highest BCUT2D eigenvalue weighted by atomic mass is 35.5. The molecule has 0 spiro atoms. The van der Waals surface area contributed by atoms with E-state index in [0.29, 0.717) is 12.0 Å². The number of hydrogen-bond acceptors (Lipinski definition) is 2. The predicted octanol–water partition coefficient (Wildman–Crippen LogP) is -0.0938. The molecule has 2 atom stereocenters. The molecule has 0 unspecified atom stereocenters. The summed E-state index contributed by atoms with van der Waals surface area (Å²) in [6.45, 7) is 2.05. The Morgan fingerprint density at radius 1 is 1.45 bits per heavy atom. The Morgan fingerprint density at radius 2 is 2.27 bits per heavy atom. The molecule has 0 aliphatic carbocycles. The quantitative estimate of drug-likeness (QED) is 0.542. The Balaban J connectivity index is 0.000000605. The number of carbonyl (C=O) groups is 1. The summed E-state index contributed by atoms with van der Waals surface area (Å²) in [5.41, 5.74) is 0. The van der Waals surface area contributed by atoms with Crippen LogP contribution in [0, 0.1) is 5.92 Å². The Labute approximate surface area is 72.3 Å². The first-order valence-electron chi connectivity index (χ1n) is 3.86. The molecule has 11 heavy (non-hydrogen) atoms. The largest absolute Gasteiger partial charge is 0.352 e. The average Bonchev–Trinajstić information content (AvgIpc) is 2.27. The summed E-state index contributed by atoms with van der Waals surface area (Å²) in [6.07, 6.45) is 1.91. The number of rotatable bonds is 0. The predicted molar refractivity (Wildman–Crippen MR) is 44.8 cm³/mol. The molecule has 2 rings (SSSR count). The fraction of sp³-hybridized carbons (Fsp3) is 0.857. The van der Waals surface area contributed by atoms with Crippen LogP contribution in [0.1, 0.15) is 12.8 Å². The second-order valence-electron chi connectivity index (χ2n) is 3.13. The Morgan fingerprint density at radius 3 is 3.00 bits per heavy atom. The van der Waals surface area contributed by atoms with Crippen LogP contribution < -0.4 is 10.6 Å². The Hall–Kier alpha value is -0.280. The normalized spacial score (nSPS) is 35.5. The lowest BCUT2D eigenvalue weighted by Crippen LogP contribution is -2.44. The van der Waals surface area contributed by atoms with Crippen molar-refractivity contribution in [2.45, 2.75) is 18.9 Å². The third-order valence-electron chi connectivity index (χ3n) is 2.42. The number of halogens is 1. The van der Waals surface area contributed by atoms with Gasteiger partial charge in [-0.3, -0.25) is 4.79 Å². The summed E-state index contributed by atoms with van der Waals surface area (Å²) < 4.78 is 0. The van der Waals surface area contributed by atoms with Crippen molar-refractivity contribution >= 4 is 18.3 Å². The molecule has 2 N–H and O–H groups in total. The van der Waals surface area contributed by atoms with Crippen molar-refractivity contribution in [1.82, 2.24) is 10.6 Å². The fourth-order valence-corrected chi connectivity index (χ4v) is 1.83. The Kier molecular flexibility index (Phi) is 2.73. The summed E-state index contributed by atoms with van der Waals surface area (Å²) in [4.78, 5) is 10.9. The molecule has 2 aliphatic heterocycles. The maximum Gasteiger partial charge on any atom is 0.220 e. The number of carbonyl (C=O) groups excluding carboxylic acids is 1. The second-order valence-corrected chi connectivity index (χ2v) is 3.13. The summed E-state index contributed by atoms with van der Waals surface area (Å²) >= 11 is 0. The van der Waals surface area contributed by atoms with E-state index in [0.717, 1.165) is 25.9 Å². The minimum Gasteiger partial charge on any atom is -0.352 e. The molecule has 1 amide bonds. The van der Waals surface area contributed by atoms with E-state index in [1.54, 1.807) is 0 Å². The van der Waals surface area contributed by atoms with E-state index in [9.17, 15) is 4.79 Å². The zero-order valence-corrected chi connectivity index (χ0v) is 7.12. The highest BCUT2D eigenvalue weighted by Crippen LogP contribution is 2.21. The molecule has 2 aliphatic rings. The monoisotopic (exact) mass is 176 g/mol. The summed E-state index contributed by atoms with van der Waals surface area (Å²) in [5, 5.41) is 6.22. The smallest absolute Gasteiger partial charge is 0.220 e. The second kappa shape index (κ2) is 3.41. The number of hydrogen-bond donors (Lipinski definition) is 2. The van der Waals surface area contributed by atoms with Crippen LogP contribution in [0.3, 0.4) is 0 Å². The fourth-order valence-electron chi connectivity index (χ4n) is 1.83. The van der Waals surface area contributed by atoms with Crippen LogP contribution in [0.2, 0.25) is 0 Å². The van der Waals surface area contributed by atoms with Crippen molar-refractivity contribution in [3.8, 4) is 0 Å². The summed E-state index contributed by atoms with van der Waals surface area (Å²) in [6, 6.07) is 0.432. The first-order valence-corrected chi connectivity index (χ1v) is 3.86. The van der Waals surface area contributed by atoms with Crippen molar-refractivity contribution < 1.29 is 4.79 Å². The van der Waals surface area contributed by atoms with Crippen LogP contribution in [-0.2, 0) is 4.79 Å². The molecular weight excluding hydrogens is 164 g/mol. The molecule has 0 bridgehead atoms. The van der Waals surface area contributed by atoms with Gasteiger partial charge < -0.3 is 10.6 Å². The number of fused-ring (bicyclic) bond motifs is 1. The molecule has 0 saturated carbocycles. The van der Waals surface area contributed by atoms with Gasteiger partial charge in [0.15, 0.2) is 0 Å². The van der Waals surface area contributed by atoms with Gasteiger partial charge in [-0.05, 0) is 18.9 Å². The molecule has 0 aromatic heterocycles. The lowest BCUT2D eigenvalue weighted by atomic mass is 9.94. The van der Waals surface area contributed by atoms with Crippen LogP contribution in [-0.4, -0.2) is 25.0 Å². The maximum absolute atomic E-state index is 10.9. The highest BCUT2D eigenvalue weighted by molar-refractivity contribution is 5.85. The van der Waals surface area contributed by atoms with E-state index < -0.39 is 0 Å². The van der Waals surface area contributed by atoms with Crippen molar-refractivity contribution in [3.05, 3.63) is 0 Å². The molecule has 0 aromatic rings. The van der Waals surface area contributed by atoms with Crippen LogP contribution in [0.15, 0.2) is 0 Å². The molecule has 0 radical (unpaired) electrons. The first-order chi connectivity index (χ1) is 4.86. The van der Waals surface area contributed by atoms with Gasteiger partial charge in [-0.25, -0.2) is 0 Å². The zero-order valence-electron chi connectivity index (χ0n) is 6.30. The molecular formula is C7H13ClN2O. The van der Waals surface area contributed by atoms with Gasteiger partial charge in [0.1, 0.15) is 0 Å². The summed E-state index contributed by atoms with van der Waals surface area (Å²) in [7, 11) is 0. The topological polar surface area (TPSA) is 41.1 Å². The van der Waals surface area contributed by atoms with Gasteiger partial charge in [0, 0.05) is 19.0 Å². The Bertz CT molecular complexity index is 147. The third kappa shape index (κ3) is 1.65. The van der Waals surface area contributed by atoms with Crippen LogP contribution in [0.25, 0.3) is 0 Å². The molecule has 4 heteroatoms. The van der Waals surface area contributed by atoms with Crippen LogP contribution in [0.5, 0.6) is 0 Å². The minimum atomic E-state index is 0. The van der Waals surface area contributed by atoms with E-state index in [-0.39, 0.29) is 18.3 Å². The van der Waals surface area contributed by atoms with E-state index in [1.807, 2.05) is 0 Å². The highest BCUT2D eigenvalue weighted by Gasteiger charge is 2.33. The number of piperidine rings is 1. The number of amides is 1. The average molecular weight is 177 g/mol.